The molecular formula is C12H16O2. The molecule has 0 aliphatic heterocycles. The van der Waals surface area contributed by atoms with Gasteiger partial charge in [-0.1, -0.05) is 30.3 Å². The van der Waals surface area contributed by atoms with Gasteiger partial charge in [-0.2, -0.15) is 0 Å². The molecule has 0 saturated carbocycles. The molecule has 2 nitrogen and oxygen atoms in total. The van der Waals surface area contributed by atoms with E-state index in [0.29, 0.717) is 13.0 Å². The average molecular weight is 192 g/mol. The van der Waals surface area contributed by atoms with Gasteiger partial charge in [0, 0.05) is 7.11 Å². The Bertz CT molecular complexity index is 277. The van der Waals surface area contributed by atoms with Crippen LogP contribution in [-0.4, -0.2) is 12.2 Å². The third-order valence-electron chi connectivity index (χ3n) is 2.07. The predicted octanol–water partition coefficient (Wildman–Crippen LogP) is 2.44. The highest BCUT2D eigenvalue weighted by molar-refractivity contribution is 5.24. The van der Waals surface area contributed by atoms with Gasteiger partial charge in [0.25, 0.3) is 0 Å². The predicted molar refractivity (Wildman–Crippen MR) is 56.9 cm³/mol. The minimum Gasteiger partial charge on any atom is -0.388 e. The Balaban J connectivity index is 2.67. The molecule has 0 fully saturated rings. The normalized spacial score (nSPS) is 12.4. The van der Waals surface area contributed by atoms with Gasteiger partial charge in [-0.15, -0.1) is 6.58 Å². The van der Waals surface area contributed by atoms with Crippen LogP contribution < -0.4 is 0 Å². The smallest absolute Gasteiger partial charge is 0.0824 e. The van der Waals surface area contributed by atoms with E-state index in [0.717, 1.165) is 11.1 Å². The molecular weight excluding hydrogens is 176 g/mol. The molecule has 1 unspecified atom stereocenters. The Morgan fingerprint density at radius 1 is 1.43 bits per heavy atom. The van der Waals surface area contributed by atoms with Crippen LogP contribution in [0.1, 0.15) is 23.7 Å². The van der Waals surface area contributed by atoms with Crippen molar-refractivity contribution in [1.82, 2.24) is 0 Å². The number of methoxy groups -OCH3 is 1. The van der Waals surface area contributed by atoms with Crippen LogP contribution in [0.3, 0.4) is 0 Å². The van der Waals surface area contributed by atoms with Gasteiger partial charge in [-0.25, -0.2) is 0 Å². The topological polar surface area (TPSA) is 29.5 Å². The van der Waals surface area contributed by atoms with Crippen LogP contribution in [0.25, 0.3) is 0 Å². The summed E-state index contributed by atoms with van der Waals surface area (Å²) in [7, 11) is 1.67. The molecule has 0 aliphatic carbocycles. The van der Waals surface area contributed by atoms with Gasteiger partial charge >= 0.3 is 0 Å². The van der Waals surface area contributed by atoms with Crippen LogP contribution in [-0.2, 0) is 11.3 Å². The van der Waals surface area contributed by atoms with Crippen LogP contribution in [0.2, 0.25) is 0 Å². The molecule has 1 atom stereocenters. The number of rotatable bonds is 5. The van der Waals surface area contributed by atoms with Gasteiger partial charge < -0.3 is 9.84 Å². The van der Waals surface area contributed by atoms with Crippen molar-refractivity contribution >= 4 is 0 Å². The minimum atomic E-state index is -0.441. The van der Waals surface area contributed by atoms with Crippen LogP contribution in [0.5, 0.6) is 0 Å². The van der Waals surface area contributed by atoms with E-state index in [2.05, 4.69) is 6.58 Å². The fourth-order valence-electron chi connectivity index (χ4n) is 1.30. The molecule has 2 heteroatoms. The second kappa shape index (κ2) is 5.58. The molecule has 0 aliphatic rings. The van der Waals surface area contributed by atoms with E-state index < -0.39 is 6.10 Å². The first-order valence-corrected chi connectivity index (χ1v) is 4.64. The first-order chi connectivity index (χ1) is 6.77. The zero-order valence-electron chi connectivity index (χ0n) is 8.44. The van der Waals surface area contributed by atoms with Crippen molar-refractivity contribution in [2.24, 2.45) is 0 Å². The zero-order valence-corrected chi connectivity index (χ0v) is 8.44. The molecule has 1 rings (SSSR count). The highest BCUT2D eigenvalue weighted by atomic mass is 16.5. The summed E-state index contributed by atoms with van der Waals surface area (Å²) in [5.41, 5.74) is 2.03. The lowest BCUT2D eigenvalue weighted by Gasteiger charge is -2.08. The van der Waals surface area contributed by atoms with Crippen molar-refractivity contribution in [3.63, 3.8) is 0 Å². The third kappa shape index (κ3) is 2.98. The monoisotopic (exact) mass is 192 g/mol. The molecule has 0 aromatic heterocycles. The number of hydrogen-bond donors (Lipinski definition) is 1. The summed E-state index contributed by atoms with van der Waals surface area (Å²) >= 11 is 0. The Kier molecular flexibility index (Phi) is 4.36. The van der Waals surface area contributed by atoms with Crippen molar-refractivity contribution in [2.75, 3.05) is 7.11 Å². The molecule has 1 N–H and O–H groups in total. The first kappa shape index (κ1) is 11.0. The molecule has 0 spiro atoms. The number of aliphatic hydroxyl groups is 1. The quantitative estimate of drug-likeness (QED) is 0.726. The Hall–Kier alpha value is -1.12. The van der Waals surface area contributed by atoms with Gasteiger partial charge in [-0.05, 0) is 17.5 Å². The Labute approximate surface area is 84.8 Å². The van der Waals surface area contributed by atoms with E-state index in [1.807, 2.05) is 24.3 Å². The molecule has 14 heavy (non-hydrogen) atoms. The highest BCUT2D eigenvalue weighted by Gasteiger charge is 2.04. The summed E-state index contributed by atoms with van der Waals surface area (Å²) in [5.74, 6) is 0. The van der Waals surface area contributed by atoms with Gasteiger partial charge in [0.15, 0.2) is 0 Å². The molecule has 0 radical (unpaired) electrons. The lowest BCUT2D eigenvalue weighted by molar-refractivity contribution is 0.180. The number of aliphatic hydroxyl groups excluding tert-OH is 1. The second-order valence-electron chi connectivity index (χ2n) is 3.21. The molecule has 0 saturated heterocycles. The Morgan fingerprint density at radius 2 is 2.07 bits per heavy atom. The van der Waals surface area contributed by atoms with E-state index in [4.69, 9.17) is 4.74 Å². The summed E-state index contributed by atoms with van der Waals surface area (Å²) in [4.78, 5) is 0. The van der Waals surface area contributed by atoms with Gasteiger partial charge in [-0.3, -0.25) is 0 Å². The lowest BCUT2D eigenvalue weighted by Crippen LogP contribution is -1.96. The summed E-state index contributed by atoms with van der Waals surface area (Å²) in [6.07, 6.45) is 1.86. The highest BCUT2D eigenvalue weighted by Crippen LogP contribution is 2.17. The Morgan fingerprint density at radius 3 is 2.57 bits per heavy atom. The minimum absolute atomic E-state index is 0.441. The summed E-state index contributed by atoms with van der Waals surface area (Å²) < 4.78 is 5.00. The third-order valence-corrected chi connectivity index (χ3v) is 2.07. The summed E-state index contributed by atoms with van der Waals surface area (Å²) in [5, 5.41) is 9.64. The fraction of sp³-hybridized carbons (Fsp3) is 0.333. The molecule has 0 heterocycles. The molecule has 76 valence electrons. The van der Waals surface area contributed by atoms with E-state index in [-0.39, 0.29) is 0 Å². The van der Waals surface area contributed by atoms with Crippen LogP contribution >= 0.6 is 0 Å². The van der Waals surface area contributed by atoms with Crippen molar-refractivity contribution in [3.05, 3.63) is 48.0 Å². The van der Waals surface area contributed by atoms with E-state index in [1.165, 1.54) is 0 Å². The first-order valence-electron chi connectivity index (χ1n) is 4.64. The van der Waals surface area contributed by atoms with Crippen molar-refractivity contribution < 1.29 is 9.84 Å². The maximum Gasteiger partial charge on any atom is 0.0824 e. The van der Waals surface area contributed by atoms with Crippen LogP contribution in [0, 0.1) is 0 Å². The molecule has 0 amide bonds. The van der Waals surface area contributed by atoms with E-state index >= 15 is 0 Å². The van der Waals surface area contributed by atoms with Gasteiger partial charge in [0.2, 0.25) is 0 Å². The molecule has 0 bridgehead atoms. The number of benzene rings is 1. The lowest BCUT2D eigenvalue weighted by atomic mass is 10.1. The largest absolute Gasteiger partial charge is 0.388 e. The fourth-order valence-corrected chi connectivity index (χ4v) is 1.30. The molecule has 1 aromatic rings. The average Bonchev–Trinajstić information content (AvgIpc) is 2.20. The standard InChI is InChI=1S/C12H16O2/c1-3-4-12(13)11-7-5-10(6-8-11)9-14-2/h3,5-8,12-13H,1,4,9H2,2H3. The van der Waals surface area contributed by atoms with E-state index in [1.54, 1.807) is 13.2 Å². The second-order valence-corrected chi connectivity index (χ2v) is 3.21. The van der Waals surface area contributed by atoms with Crippen molar-refractivity contribution in [3.8, 4) is 0 Å². The SMILES string of the molecule is C=CCC(O)c1ccc(COC)cc1. The van der Waals surface area contributed by atoms with E-state index in [9.17, 15) is 5.11 Å². The van der Waals surface area contributed by atoms with Crippen molar-refractivity contribution in [2.45, 2.75) is 19.1 Å². The van der Waals surface area contributed by atoms with Gasteiger partial charge in [0.1, 0.15) is 0 Å². The maximum absolute atomic E-state index is 9.64. The van der Waals surface area contributed by atoms with Gasteiger partial charge in [0.05, 0.1) is 12.7 Å². The summed E-state index contributed by atoms with van der Waals surface area (Å²) in [6, 6.07) is 7.77. The number of ether oxygens (including phenoxy) is 1. The zero-order chi connectivity index (χ0) is 10.4. The summed E-state index contributed by atoms with van der Waals surface area (Å²) in [6.45, 7) is 4.20. The van der Waals surface area contributed by atoms with Crippen LogP contribution in [0.15, 0.2) is 36.9 Å². The molecule has 1 aromatic carbocycles. The van der Waals surface area contributed by atoms with Crippen molar-refractivity contribution in [1.29, 1.82) is 0 Å². The maximum atomic E-state index is 9.64. The number of hydrogen-bond acceptors (Lipinski definition) is 2. The van der Waals surface area contributed by atoms with Crippen LogP contribution in [0.4, 0.5) is 0 Å².